The minimum Gasteiger partial charge on any atom is -0.497 e. The number of ether oxygens (including phenoxy) is 6. The summed E-state index contributed by atoms with van der Waals surface area (Å²) in [5.41, 5.74) is 11.3. The molecule has 2 atom stereocenters. The number of piperidine rings is 2. The number of pyridine rings is 2. The maximum absolute atomic E-state index is 12.7. The van der Waals surface area contributed by atoms with Gasteiger partial charge in [0.25, 0.3) is 0 Å². The minimum absolute atomic E-state index is 0. The molecule has 4 heterocycles. The van der Waals surface area contributed by atoms with Crippen LogP contribution in [0.3, 0.4) is 0 Å². The van der Waals surface area contributed by atoms with Gasteiger partial charge < -0.3 is 64.4 Å². The summed E-state index contributed by atoms with van der Waals surface area (Å²) in [4.78, 5) is 54.2. The Bertz CT molecular complexity index is 2930. The predicted octanol–water partition coefficient (Wildman–Crippen LogP) is 11.7. The van der Waals surface area contributed by atoms with Gasteiger partial charge in [0.1, 0.15) is 39.9 Å². The van der Waals surface area contributed by atoms with E-state index in [-0.39, 0.29) is 52.8 Å². The molecule has 446 valence electrons. The van der Waals surface area contributed by atoms with E-state index in [1.165, 1.54) is 0 Å². The third-order valence-electron chi connectivity index (χ3n) is 13.7. The molecule has 21 heteroatoms. The Hall–Kier alpha value is -8.16. The van der Waals surface area contributed by atoms with Crippen molar-refractivity contribution in [3.05, 3.63) is 154 Å². The molecule has 8 rings (SSSR count). The molecule has 2 amide bonds. The standard InChI is InChI=1S/C31H39N5O6.C31H41N5O4.Fe/c1-31(2,3)42-30(37)34-18-6-7-24(21-34)33-27-16-17-32-29(28(27)36(38)39)35(19-22-8-12-25(40-4)13-9-22)20-23-10-14-26(41-5)15-11-23;1-31(2,3)40-30(37)35-18-6-7-24(21-35)34-27-16-17-33-29(28(27)32)36(19-22-8-12-25(38-4)13-9-22)20-23-10-14-26(39-5)15-11-23;/h8-17,24H,6-7,18-21H2,1-5H3,(H,32,33);8-17,24H,6-7,18-21,32H2,1-5H3,(H,33,34);/t2*24-;/m11./s1. The number of aromatic nitrogens is 2. The van der Waals surface area contributed by atoms with Crippen LogP contribution in [-0.2, 0) is 52.7 Å². The van der Waals surface area contributed by atoms with Crippen molar-refractivity contribution in [2.75, 3.05) is 80.8 Å². The first-order valence-corrected chi connectivity index (χ1v) is 27.6. The molecule has 2 saturated heterocycles. The van der Waals surface area contributed by atoms with Gasteiger partial charge in [0.15, 0.2) is 5.82 Å². The molecule has 2 aliphatic rings. The fraction of sp³-hybridized carbons (Fsp3) is 0.419. The molecule has 2 aliphatic heterocycles. The molecule has 4 aromatic carbocycles. The molecule has 0 bridgehead atoms. The Balaban J connectivity index is 0.000000264. The van der Waals surface area contributed by atoms with Crippen LogP contribution in [0.5, 0.6) is 23.0 Å². The smallest absolute Gasteiger partial charge is 0.410 e. The second-order valence-electron chi connectivity index (χ2n) is 22.3. The Morgan fingerprint density at radius 1 is 0.566 bits per heavy atom. The Morgan fingerprint density at radius 3 is 1.23 bits per heavy atom. The van der Waals surface area contributed by atoms with E-state index in [4.69, 9.17) is 39.1 Å². The monoisotopic (exact) mass is 1180 g/mol. The third kappa shape index (κ3) is 18.9. The topological polar surface area (TPSA) is 221 Å². The first kappa shape index (κ1) is 64.0. The largest absolute Gasteiger partial charge is 0.497 e. The molecule has 0 unspecified atom stereocenters. The first-order valence-electron chi connectivity index (χ1n) is 27.6. The van der Waals surface area contributed by atoms with Gasteiger partial charge >= 0.3 is 17.9 Å². The van der Waals surface area contributed by atoms with Crippen LogP contribution in [0.2, 0.25) is 0 Å². The second kappa shape index (κ2) is 29.7. The van der Waals surface area contributed by atoms with Gasteiger partial charge in [-0.3, -0.25) is 10.1 Å². The number of amides is 2. The summed E-state index contributed by atoms with van der Waals surface area (Å²) in [6.45, 7) is 15.3. The van der Waals surface area contributed by atoms with Crippen molar-refractivity contribution in [1.29, 1.82) is 0 Å². The van der Waals surface area contributed by atoms with Gasteiger partial charge in [-0.1, -0.05) is 48.5 Å². The van der Waals surface area contributed by atoms with Crippen LogP contribution in [0.15, 0.2) is 122 Å². The van der Waals surface area contributed by atoms with E-state index >= 15 is 0 Å². The average molecular weight is 1180 g/mol. The Labute approximate surface area is 498 Å². The SMILES string of the molecule is COc1ccc(CN(Cc2ccc(OC)cc2)c2nccc(N[C@@H]3CCCN(C(=O)OC(C)(C)C)C3)c2N)cc1.COc1ccc(CN(Cc2ccc(OC)cc2)c2nccc(N[C@@H]3CCCN(C(=O)OC(C)(C)C)C3)c2[N+](=O)[O-])cc1.[Fe]. The van der Waals surface area contributed by atoms with E-state index in [9.17, 15) is 19.7 Å². The van der Waals surface area contributed by atoms with E-state index in [1.807, 2.05) is 150 Å². The summed E-state index contributed by atoms with van der Waals surface area (Å²) in [5.74, 6) is 4.00. The van der Waals surface area contributed by atoms with Crippen molar-refractivity contribution in [3.63, 3.8) is 0 Å². The van der Waals surface area contributed by atoms with E-state index in [0.717, 1.165) is 76.6 Å². The van der Waals surface area contributed by atoms with Gasteiger partial charge in [-0.2, -0.15) is 0 Å². The number of rotatable bonds is 19. The number of carbonyl (C=O) groups excluding carboxylic acids is 2. The summed E-state index contributed by atoms with van der Waals surface area (Å²) in [6.07, 6.45) is 6.01. The van der Waals surface area contributed by atoms with Crippen molar-refractivity contribution in [2.24, 2.45) is 0 Å². The number of hydrogen-bond acceptors (Lipinski definition) is 17. The molecule has 0 aliphatic carbocycles. The predicted molar refractivity (Wildman–Crippen MR) is 320 cm³/mol. The second-order valence-corrected chi connectivity index (χ2v) is 22.3. The molecular formula is C62H80FeN10O10. The van der Waals surface area contributed by atoms with Gasteiger partial charge in [-0.25, -0.2) is 19.6 Å². The Kier molecular flexibility index (Phi) is 22.9. The zero-order valence-corrected chi connectivity index (χ0v) is 50.4. The molecule has 2 aromatic heterocycles. The number of nitrogens with one attached hydrogen (secondary N) is 2. The van der Waals surface area contributed by atoms with Gasteiger partial charge in [0, 0.05) is 93.9 Å². The number of benzene rings is 4. The van der Waals surface area contributed by atoms with Crippen molar-refractivity contribution in [1.82, 2.24) is 19.8 Å². The van der Waals surface area contributed by atoms with Gasteiger partial charge in [0.2, 0.25) is 5.82 Å². The van der Waals surface area contributed by atoms with E-state index in [2.05, 4.69) is 20.5 Å². The average Bonchev–Trinajstić information content (AvgIpc) is 3.58. The molecule has 83 heavy (non-hydrogen) atoms. The van der Waals surface area contributed by atoms with Crippen molar-refractivity contribution in [2.45, 2.75) is 117 Å². The van der Waals surface area contributed by atoms with Gasteiger partial charge in [-0.15, -0.1) is 0 Å². The summed E-state index contributed by atoms with van der Waals surface area (Å²) in [6, 6.07) is 34.6. The van der Waals surface area contributed by atoms with Crippen molar-refractivity contribution in [3.8, 4) is 23.0 Å². The Morgan fingerprint density at radius 2 is 0.892 bits per heavy atom. The van der Waals surface area contributed by atoms with Gasteiger partial charge in [0.05, 0.1) is 44.7 Å². The molecule has 0 radical (unpaired) electrons. The summed E-state index contributed by atoms with van der Waals surface area (Å²) in [7, 11) is 6.53. The zero-order chi connectivity index (χ0) is 59.0. The fourth-order valence-corrected chi connectivity index (χ4v) is 9.64. The normalized spacial score (nSPS) is 15.0. The fourth-order valence-electron chi connectivity index (χ4n) is 9.64. The number of nitrogen functional groups attached to an aromatic ring is 1. The summed E-state index contributed by atoms with van der Waals surface area (Å²) < 4.78 is 32.4. The number of nitrogens with zero attached hydrogens (tertiary/aromatic N) is 7. The van der Waals surface area contributed by atoms with Crippen molar-refractivity contribution >= 4 is 46.6 Å². The molecule has 0 saturated carbocycles. The quantitative estimate of drug-likeness (QED) is 0.0390. The first-order chi connectivity index (χ1) is 39.2. The van der Waals surface area contributed by atoms with Crippen LogP contribution in [0.25, 0.3) is 0 Å². The molecule has 20 nitrogen and oxygen atoms in total. The van der Waals surface area contributed by atoms with Crippen LogP contribution in [0.4, 0.5) is 44.0 Å². The number of anilines is 5. The molecular weight excluding hydrogens is 1100 g/mol. The number of likely N-dealkylation sites (tertiary alicyclic amines) is 2. The van der Waals surface area contributed by atoms with Crippen LogP contribution < -0.4 is 45.1 Å². The van der Waals surface area contributed by atoms with Crippen LogP contribution in [-0.4, -0.2) is 115 Å². The minimum atomic E-state index is -0.604. The van der Waals surface area contributed by atoms with Gasteiger partial charge in [-0.05, 0) is 150 Å². The van der Waals surface area contributed by atoms with Crippen molar-refractivity contribution < 1.29 is 60.0 Å². The number of nitrogens with two attached hydrogens (primary N) is 1. The number of hydrogen-bond donors (Lipinski definition) is 3. The molecule has 2 fully saturated rings. The number of methoxy groups -OCH3 is 4. The van der Waals surface area contributed by atoms with Crippen LogP contribution >= 0.6 is 0 Å². The van der Waals surface area contributed by atoms with Crippen LogP contribution in [0, 0.1) is 10.1 Å². The number of nitro groups is 1. The number of carbonyl (C=O) groups is 2. The van der Waals surface area contributed by atoms with E-state index < -0.39 is 16.1 Å². The molecule has 0 spiro atoms. The molecule has 4 N–H and O–H groups in total. The van der Waals surface area contributed by atoms with E-state index in [1.54, 1.807) is 56.7 Å². The zero-order valence-electron chi connectivity index (χ0n) is 49.3. The maximum Gasteiger partial charge on any atom is 0.410 e. The molecule has 6 aromatic rings. The maximum atomic E-state index is 12.7. The summed E-state index contributed by atoms with van der Waals surface area (Å²) >= 11 is 0. The third-order valence-corrected chi connectivity index (χ3v) is 13.7. The van der Waals surface area contributed by atoms with E-state index in [0.29, 0.717) is 69.6 Å². The summed E-state index contributed by atoms with van der Waals surface area (Å²) in [5, 5.41) is 19.5. The van der Waals surface area contributed by atoms with Crippen LogP contribution in [0.1, 0.15) is 89.5 Å².